The minimum atomic E-state index is -4.68. The molecule has 0 saturated carbocycles. The van der Waals surface area contributed by atoms with E-state index in [9.17, 15) is 31.2 Å². The number of nitrogens with zero attached hydrogens (tertiary/aromatic N) is 14. The lowest BCUT2D eigenvalue weighted by molar-refractivity contribution is -0.192. The largest absolute Gasteiger partial charge is 0.491 e. The first kappa shape index (κ1) is 68.4. The van der Waals surface area contributed by atoms with Crippen molar-refractivity contribution in [2.75, 3.05) is 92.4 Å². The average molecular weight is 1390 g/mol. The lowest BCUT2D eigenvalue weighted by atomic mass is 10.1. The Morgan fingerprint density at radius 2 is 1.16 bits per heavy atom. The number of alkyl halides is 3. The summed E-state index contributed by atoms with van der Waals surface area (Å²) in [5.41, 5.74) is 4.39. The third-order valence-corrected chi connectivity index (χ3v) is 19.2. The van der Waals surface area contributed by atoms with Gasteiger partial charge in [-0.05, 0) is 118 Å². The normalized spacial score (nSPS) is 19.4. The second-order valence-electron chi connectivity index (χ2n) is 25.0. The van der Waals surface area contributed by atoms with Gasteiger partial charge < -0.3 is 48.9 Å². The molecule has 0 amide bonds. The van der Waals surface area contributed by atoms with Crippen molar-refractivity contribution >= 4 is 32.6 Å². The van der Waals surface area contributed by atoms with Crippen LogP contribution >= 0.6 is 0 Å². The van der Waals surface area contributed by atoms with Crippen LogP contribution in [0.2, 0.25) is 0 Å². The molecule has 7 heterocycles. The molecule has 0 spiro atoms. The first-order valence-corrected chi connectivity index (χ1v) is 35.0. The zero-order valence-corrected chi connectivity index (χ0v) is 56.4. The predicted octanol–water partition coefficient (Wildman–Crippen LogP) is 8.70. The van der Waals surface area contributed by atoms with Gasteiger partial charge in [-0.3, -0.25) is 0 Å². The Labute approximate surface area is 574 Å². The van der Waals surface area contributed by atoms with E-state index in [1.807, 2.05) is 112 Å². The molecule has 6 atom stereocenters. The summed E-state index contributed by atoms with van der Waals surface area (Å²) >= 11 is 0. The van der Waals surface area contributed by atoms with Gasteiger partial charge in [0.15, 0.2) is 9.84 Å². The molecule has 30 heteroatoms. The fourth-order valence-corrected chi connectivity index (χ4v) is 13.3. The summed E-state index contributed by atoms with van der Waals surface area (Å²) in [5.74, 6) is -2.30. The van der Waals surface area contributed by atoms with E-state index in [2.05, 4.69) is 45.9 Å². The molecule has 100 heavy (non-hydrogen) atoms. The smallest absolute Gasteiger partial charge is 0.418 e. The average Bonchev–Trinajstić information content (AvgIpc) is 1.52. The highest BCUT2D eigenvalue weighted by Gasteiger charge is 2.46. The number of sulfone groups is 1. The molecule has 3 aliphatic rings. The number of aromatic nitrogens is 12. The Morgan fingerprint density at radius 1 is 0.620 bits per heavy atom. The van der Waals surface area contributed by atoms with Gasteiger partial charge in [-0.2, -0.15) is 53.4 Å². The van der Waals surface area contributed by atoms with E-state index in [1.54, 1.807) is 65.9 Å². The summed E-state index contributed by atoms with van der Waals surface area (Å²) in [6.45, 7) is 9.42. The van der Waals surface area contributed by atoms with E-state index < -0.39 is 45.4 Å². The number of ether oxygens (including phenoxy) is 6. The second kappa shape index (κ2) is 29.4. The molecular weight excluding hydrogens is 1310 g/mol. The van der Waals surface area contributed by atoms with Crippen LogP contribution < -0.4 is 41.3 Å². The van der Waals surface area contributed by atoms with Gasteiger partial charge in [0.1, 0.15) is 67.6 Å². The number of hydrogen-bond donors (Lipinski definition) is 2. The predicted molar refractivity (Wildman–Crippen MR) is 365 cm³/mol. The monoisotopic (exact) mass is 1390 g/mol. The number of rotatable bonds is 28. The Hall–Kier alpha value is -10.1. The van der Waals surface area contributed by atoms with Gasteiger partial charge in [-0.1, -0.05) is 67.6 Å². The van der Waals surface area contributed by atoms with Crippen molar-refractivity contribution in [3.05, 3.63) is 220 Å². The molecule has 6 aromatic carbocycles. The summed E-state index contributed by atoms with van der Waals surface area (Å²) in [5, 5.41) is 32.6. The third kappa shape index (κ3) is 15.3. The van der Waals surface area contributed by atoms with Crippen molar-refractivity contribution in [2.45, 2.75) is 100 Å². The standard InChI is InChI=1S/C70H77F3N16O10S/c1-5-49(2)88-66(90)85(47-79-88)57-24-22-55(23-25-57)82-34-36-83(37-35-82)58-26-29-64(65(38-58)100(4,92)93)95-42-61-44-97-69(99-61,52-14-10-7-11-15-52)46-87-78-40-54(81-87)17-16-50(3)89-67(91)84(48-80-89)56-20-18-53(19-21-56)74-30-31-75-63-28-27-59(39-62(63)70(71,72)73)94-41-60-43-96-68(98-60,45-86-76-32-33-77-86)51-12-8-6-9-13-51/h6-15,18-29,32-33,38-40,47-50,60-61,74-75H,5,16-17,30-31,34-37,41-46H2,1-4H3/t49?,50?,60-,61-,68-,69-/m1/s1. The maximum atomic E-state index is 14.4. The highest BCUT2D eigenvalue weighted by Crippen LogP contribution is 2.41. The lowest BCUT2D eigenvalue weighted by Gasteiger charge is -2.37. The number of piperazine rings is 1. The van der Waals surface area contributed by atoms with Crippen LogP contribution in [-0.4, -0.2) is 151 Å². The SMILES string of the molecule is CCC(C)n1ncn(-c2ccc(N3CCN(c4ccc(OC[C@@H]5CO[C@@](Cn6ncc(CCC(C)n7ncn(-c8ccc(NCCNc9ccc(OC[C@@H]%10CO[C@@](Cn%11nccn%11)(c%11ccccc%11)O%10)cc9C(F)(F)F)cc8)c7=O)n6)(c6ccccc6)O5)c(S(C)(=O)=O)c4)CC3)cc2)c1=O. The Kier molecular flexibility index (Phi) is 20.1. The van der Waals surface area contributed by atoms with Crippen LogP contribution in [0.25, 0.3) is 11.4 Å². The molecule has 4 aromatic heterocycles. The van der Waals surface area contributed by atoms with Crippen LogP contribution in [0.3, 0.4) is 0 Å². The number of benzene rings is 6. The molecule has 3 fully saturated rings. The summed E-state index contributed by atoms with van der Waals surface area (Å²) in [4.78, 5) is 34.2. The quantitative estimate of drug-likeness (QED) is 0.0434. The maximum absolute atomic E-state index is 14.4. The van der Waals surface area contributed by atoms with E-state index in [0.717, 1.165) is 40.7 Å². The number of hydrogen-bond acceptors (Lipinski definition) is 20. The van der Waals surface area contributed by atoms with Crippen molar-refractivity contribution in [3.63, 3.8) is 0 Å². The molecular formula is C70H77F3N16O10S. The van der Waals surface area contributed by atoms with E-state index >= 15 is 0 Å². The maximum Gasteiger partial charge on any atom is 0.418 e. The van der Waals surface area contributed by atoms with Crippen LogP contribution in [-0.2, 0) is 66.0 Å². The second-order valence-corrected chi connectivity index (χ2v) is 27.0. The van der Waals surface area contributed by atoms with Gasteiger partial charge in [-0.15, -0.1) is 0 Å². The van der Waals surface area contributed by atoms with Crippen molar-refractivity contribution in [2.24, 2.45) is 0 Å². The molecule has 13 rings (SSSR count). The van der Waals surface area contributed by atoms with Crippen molar-refractivity contribution in [1.29, 1.82) is 0 Å². The van der Waals surface area contributed by atoms with Gasteiger partial charge >= 0.3 is 17.6 Å². The topological polar surface area (TPSA) is 261 Å². The number of aryl methyl sites for hydroxylation is 1. The fourth-order valence-electron chi connectivity index (χ4n) is 12.5. The molecule has 3 aliphatic heterocycles. The Bertz CT molecular complexity index is 4630. The molecule has 3 saturated heterocycles. The highest BCUT2D eigenvalue weighted by atomic mass is 32.2. The minimum Gasteiger partial charge on any atom is -0.491 e. The fraction of sp³-hybridized carbons (Fsp3) is 0.371. The van der Waals surface area contributed by atoms with E-state index in [4.69, 9.17) is 33.5 Å². The van der Waals surface area contributed by atoms with E-state index in [-0.39, 0.29) is 98.2 Å². The molecule has 524 valence electrons. The van der Waals surface area contributed by atoms with Crippen LogP contribution in [0.5, 0.6) is 11.5 Å². The van der Waals surface area contributed by atoms with Gasteiger partial charge in [-0.25, -0.2) is 36.5 Å². The number of anilines is 4. The summed E-state index contributed by atoms with van der Waals surface area (Å²) < 4.78 is 114. The van der Waals surface area contributed by atoms with Crippen LogP contribution in [0.4, 0.5) is 35.9 Å². The lowest BCUT2D eigenvalue weighted by Crippen LogP contribution is -2.46. The summed E-state index contributed by atoms with van der Waals surface area (Å²) in [7, 11) is -3.73. The molecule has 10 aromatic rings. The first-order valence-electron chi connectivity index (χ1n) is 33.1. The van der Waals surface area contributed by atoms with Gasteiger partial charge in [0.2, 0.25) is 11.6 Å². The minimum absolute atomic E-state index is 0.00143. The van der Waals surface area contributed by atoms with E-state index in [1.165, 1.54) is 48.2 Å². The van der Waals surface area contributed by atoms with Gasteiger partial charge in [0.25, 0.3) is 0 Å². The van der Waals surface area contributed by atoms with Crippen molar-refractivity contribution < 1.29 is 50.0 Å². The van der Waals surface area contributed by atoms with Crippen LogP contribution in [0.1, 0.15) is 68.1 Å². The van der Waals surface area contributed by atoms with Crippen LogP contribution in [0, 0.1) is 0 Å². The van der Waals surface area contributed by atoms with E-state index in [0.29, 0.717) is 56.1 Å². The third-order valence-electron chi connectivity index (χ3n) is 18.1. The molecule has 26 nitrogen and oxygen atoms in total. The summed E-state index contributed by atoms with van der Waals surface area (Å²) in [6.07, 6.45) is 4.83. The van der Waals surface area contributed by atoms with Crippen molar-refractivity contribution in [3.8, 4) is 22.9 Å². The van der Waals surface area contributed by atoms with Gasteiger partial charge in [0, 0.05) is 79.4 Å². The number of halogens is 3. The Morgan fingerprint density at radius 3 is 1.75 bits per heavy atom. The zero-order valence-electron chi connectivity index (χ0n) is 55.5. The van der Waals surface area contributed by atoms with Crippen molar-refractivity contribution in [1.82, 2.24) is 58.7 Å². The van der Waals surface area contributed by atoms with Gasteiger partial charge in [0.05, 0.1) is 66.5 Å². The molecule has 2 unspecified atom stereocenters. The van der Waals surface area contributed by atoms with Crippen LogP contribution in [0.15, 0.2) is 191 Å². The molecule has 0 radical (unpaired) electrons. The molecule has 0 aliphatic carbocycles. The first-order chi connectivity index (χ1) is 48.3. The molecule has 0 bridgehead atoms. The molecule has 2 N–H and O–H groups in total. The number of nitrogens with one attached hydrogen (secondary N) is 2. The Balaban J connectivity index is 0.568. The zero-order chi connectivity index (χ0) is 69.6. The highest BCUT2D eigenvalue weighted by molar-refractivity contribution is 7.90. The summed E-state index contributed by atoms with van der Waals surface area (Å²) in [6, 6.07) is 42.3.